The normalized spacial score (nSPS) is 15.9. The zero-order chi connectivity index (χ0) is 14.1. The van der Waals surface area contributed by atoms with E-state index in [-0.39, 0.29) is 5.91 Å². The van der Waals surface area contributed by atoms with Crippen LogP contribution in [0, 0.1) is 5.92 Å². The molecule has 20 heavy (non-hydrogen) atoms. The Hall–Kier alpha value is -1.62. The molecule has 0 radical (unpaired) electrons. The van der Waals surface area contributed by atoms with Gasteiger partial charge in [-0.2, -0.15) is 5.10 Å². The summed E-state index contributed by atoms with van der Waals surface area (Å²) in [5.41, 5.74) is 0.624. The second-order valence-electron chi connectivity index (χ2n) is 5.17. The molecule has 5 heteroatoms. The van der Waals surface area contributed by atoms with Crippen molar-refractivity contribution in [1.82, 2.24) is 9.78 Å². The molecule has 1 N–H and O–H groups in total. The van der Waals surface area contributed by atoms with Crippen LogP contribution in [0.3, 0.4) is 0 Å². The maximum absolute atomic E-state index is 12.3. The predicted octanol–water partition coefficient (Wildman–Crippen LogP) is 3.87. The van der Waals surface area contributed by atoms with Crippen LogP contribution in [0.2, 0.25) is 0 Å². The molecule has 1 saturated carbocycles. The minimum absolute atomic E-state index is 0.123. The first kappa shape index (κ1) is 13.4. The molecule has 1 amide bonds. The maximum atomic E-state index is 12.3. The molecular weight excluding hydrogens is 318 g/mol. The van der Waals surface area contributed by atoms with Crippen molar-refractivity contribution in [2.45, 2.75) is 25.8 Å². The number of halogens is 1. The molecule has 1 unspecified atom stereocenters. The van der Waals surface area contributed by atoms with E-state index in [9.17, 15) is 4.79 Å². The monoisotopic (exact) mass is 333 g/mol. The fraction of sp³-hybridized carbons (Fsp3) is 0.333. The number of anilines is 1. The summed E-state index contributed by atoms with van der Waals surface area (Å²) in [5, 5.41) is 7.28. The maximum Gasteiger partial charge on any atom is 0.257 e. The first-order valence-electron chi connectivity index (χ1n) is 6.76. The Balaban J connectivity index is 1.80. The Kier molecular flexibility index (Phi) is 3.61. The van der Waals surface area contributed by atoms with Crippen LogP contribution in [0.15, 0.2) is 41.0 Å². The minimum Gasteiger partial charge on any atom is -0.307 e. The van der Waals surface area contributed by atoms with Crippen molar-refractivity contribution in [1.29, 1.82) is 0 Å². The van der Waals surface area contributed by atoms with Crippen LogP contribution in [0.5, 0.6) is 0 Å². The third-order valence-corrected chi connectivity index (χ3v) is 4.41. The molecule has 3 rings (SSSR count). The lowest BCUT2D eigenvalue weighted by molar-refractivity contribution is 0.102. The highest BCUT2D eigenvalue weighted by molar-refractivity contribution is 9.10. The second-order valence-corrected chi connectivity index (χ2v) is 6.03. The summed E-state index contributed by atoms with van der Waals surface area (Å²) in [7, 11) is 0. The summed E-state index contributed by atoms with van der Waals surface area (Å²) >= 11 is 3.40. The first-order valence-corrected chi connectivity index (χ1v) is 7.55. The van der Waals surface area contributed by atoms with E-state index in [1.54, 1.807) is 12.3 Å². The summed E-state index contributed by atoms with van der Waals surface area (Å²) in [5.74, 6) is 1.32. The number of nitrogens with zero attached hydrogens (tertiary/aromatic N) is 2. The van der Waals surface area contributed by atoms with E-state index in [2.05, 4.69) is 33.3 Å². The van der Waals surface area contributed by atoms with Gasteiger partial charge in [0.1, 0.15) is 5.82 Å². The van der Waals surface area contributed by atoms with Gasteiger partial charge in [-0.3, -0.25) is 4.79 Å². The van der Waals surface area contributed by atoms with E-state index < -0.39 is 0 Å². The molecule has 1 aromatic heterocycles. The highest BCUT2D eigenvalue weighted by atomic mass is 79.9. The van der Waals surface area contributed by atoms with Gasteiger partial charge in [0.15, 0.2) is 0 Å². The molecule has 104 valence electrons. The van der Waals surface area contributed by atoms with E-state index in [0.717, 1.165) is 10.3 Å². The van der Waals surface area contributed by atoms with Gasteiger partial charge in [-0.1, -0.05) is 12.1 Å². The first-order chi connectivity index (χ1) is 9.66. The average Bonchev–Trinajstić information content (AvgIpc) is 3.19. The van der Waals surface area contributed by atoms with Gasteiger partial charge in [0.2, 0.25) is 0 Å². The quantitative estimate of drug-likeness (QED) is 0.923. The molecule has 1 aliphatic rings. The van der Waals surface area contributed by atoms with Crippen LogP contribution in [0.25, 0.3) is 0 Å². The van der Waals surface area contributed by atoms with Crippen molar-refractivity contribution in [2.75, 3.05) is 5.32 Å². The van der Waals surface area contributed by atoms with Gasteiger partial charge in [0.05, 0.1) is 17.8 Å². The second kappa shape index (κ2) is 5.40. The molecule has 4 nitrogen and oxygen atoms in total. The Morgan fingerprint density at radius 1 is 1.40 bits per heavy atom. The molecule has 1 aliphatic carbocycles. The zero-order valence-electron chi connectivity index (χ0n) is 11.2. The van der Waals surface area contributed by atoms with Crippen LogP contribution in [0.1, 0.15) is 36.2 Å². The van der Waals surface area contributed by atoms with Crippen molar-refractivity contribution < 1.29 is 4.79 Å². The summed E-state index contributed by atoms with van der Waals surface area (Å²) in [6, 6.07) is 9.57. The predicted molar refractivity (Wildman–Crippen MR) is 81.8 cm³/mol. The molecule has 1 atom stereocenters. The minimum atomic E-state index is -0.123. The Bertz CT molecular complexity index is 634. The van der Waals surface area contributed by atoms with E-state index >= 15 is 0 Å². The van der Waals surface area contributed by atoms with Crippen molar-refractivity contribution in [3.05, 3.63) is 46.6 Å². The van der Waals surface area contributed by atoms with Crippen LogP contribution in [-0.2, 0) is 0 Å². The molecule has 2 aromatic rings. The van der Waals surface area contributed by atoms with Crippen LogP contribution in [-0.4, -0.2) is 15.7 Å². The van der Waals surface area contributed by atoms with E-state index in [1.165, 1.54) is 12.8 Å². The largest absolute Gasteiger partial charge is 0.307 e. The SMILES string of the molecule is CC(C1CC1)n1nccc1NC(=O)c1ccccc1Br. The fourth-order valence-corrected chi connectivity index (χ4v) is 2.81. The lowest BCUT2D eigenvalue weighted by atomic mass is 10.2. The molecule has 1 heterocycles. The van der Waals surface area contributed by atoms with Gasteiger partial charge in [0.25, 0.3) is 5.91 Å². The number of carbonyl (C=O) groups is 1. The van der Waals surface area contributed by atoms with Crippen LogP contribution in [0.4, 0.5) is 5.82 Å². The Labute approximate surface area is 126 Å². The van der Waals surface area contributed by atoms with Gasteiger partial charge in [-0.15, -0.1) is 0 Å². The highest BCUT2D eigenvalue weighted by Crippen LogP contribution is 2.40. The molecule has 0 aliphatic heterocycles. The topological polar surface area (TPSA) is 46.9 Å². The third kappa shape index (κ3) is 2.63. The number of benzene rings is 1. The van der Waals surface area contributed by atoms with Crippen molar-refractivity contribution in [3.63, 3.8) is 0 Å². The van der Waals surface area contributed by atoms with Crippen LogP contribution >= 0.6 is 15.9 Å². The summed E-state index contributed by atoms with van der Waals surface area (Å²) in [4.78, 5) is 12.3. The Morgan fingerprint density at radius 2 is 2.15 bits per heavy atom. The van der Waals surface area contributed by atoms with Crippen molar-refractivity contribution in [3.8, 4) is 0 Å². The highest BCUT2D eigenvalue weighted by Gasteiger charge is 2.30. The van der Waals surface area contributed by atoms with E-state index in [4.69, 9.17) is 0 Å². The summed E-state index contributed by atoms with van der Waals surface area (Å²) < 4.78 is 2.70. The number of aromatic nitrogens is 2. The van der Waals surface area contributed by atoms with Gasteiger partial charge in [-0.25, -0.2) is 4.68 Å². The van der Waals surface area contributed by atoms with Gasteiger partial charge < -0.3 is 5.32 Å². The molecule has 0 spiro atoms. The summed E-state index contributed by atoms with van der Waals surface area (Å²) in [6.45, 7) is 2.15. The number of carbonyl (C=O) groups excluding carboxylic acids is 1. The standard InChI is InChI=1S/C15H16BrN3O/c1-10(11-6-7-11)19-14(8-9-17-19)18-15(20)12-4-2-3-5-13(12)16/h2-5,8-11H,6-7H2,1H3,(H,18,20). The zero-order valence-corrected chi connectivity index (χ0v) is 12.8. The lowest BCUT2D eigenvalue weighted by Gasteiger charge is -2.15. The third-order valence-electron chi connectivity index (χ3n) is 3.72. The van der Waals surface area contributed by atoms with Crippen LogP contribution < -0.4 is 5.32 Å². The number of nitrogens with one attached hydrogen (secondary N) is 1. The number of amides is 1. The number of hydrogen-bond donors (Lipinski definition) is 1. The molecule has 1 aromatic carbocycles. The fourth-order valence-electron chi connectivity index (χ4n) is 2.35. The average molecular weight is 334 g/mol. The summed E-state index contributed by atoms with van der Waals surface area (Å²) in [6.07, 6.45) is 4.23. The lowest BCUT2D eigenvalue weighted by Crippen LogP contribution is -2.18. The van der Waals surface area contributed by atoms with E-state index in [0.29, 0.717) is 17.5 Å². The van der Waals surface area contributed by atoms with Gasteiger partial charge >= 0.3 is 0 Å². The Morgan fingerprint density at radius 3 is 2.85 bits per heavy atom. The van der Waals surface area contributed by atoms with E-state index in [1.807, 2.05) is 28.9 Å². The number of rotatable bonds is 4. The molecular formula is C15H16BrN3O. The van der Waals surface area contributed by atoms with Gasteiger partial charge in [-0.05, 0) is 53.7 Å². The molecule has 1 fully saturated rings. The molecule has 0 saturated heterocycles. The van der Waals surface area contributed by atoms with Crippen molar-refractivity contribution >= 4 is 27.7 Å². The van der Waals surface area contributed by atoms with Gasteiger partial charge in [0, 0.05) is 10.5 Å². The molecule has 0 bridgehead atoms. The van der Waals surface area contributed by atoms with Crippen molar-refractivity contribution in [2.24, 2.45) is 5.92 Å². The smallest absolute Gasteiger partial charge is 0.257 e. The number of hydrogen-bond acceptors (Lipinski definition) is 2.